The molecule has 1 saturated heterocycles. The summed E-state index contributed by atoms with van der Waals surface area (Å²) in [6, 6.07) is 6.85. The van der Waals surface area contributed by atoms with E-state index in [1.807, 2.05) is 19.1 Å². The van der Waals surface area contributed by atoms with Crippen LogP contribution in [0.2, 0.25) is 5.02 Å². The van der Waals surface area contributed by atoms with Crippen LogP contribution in [0.3, 0.4) is 0 Å². The summed E-state index contributed by atoms with van der Waals surface area (Å²) in [5, 5.41) is 0.669. The number of benzene rings is 1. The van der Waals surface area contributed by atoms with Crippen LogP contribution in [0.25, 0.3) is 0 Å². The van der Waals surface area contributed by atoms with Gasteiger partial charge in [-0.2, -0.15) is 0 Å². The Balaban J connectivity index is 2.19. The van der Waals surface area contributed by atoms with Crippen LogP contribution in [0, 0.1) is 0 Å². The lowest BCUT2D eigenvalue weighted by Gasteiger charge is -2.45. The summed E-state index contributed by atoms with van der Waals surface area (Å²) >= 11 is 6.37. The van der Waals surface area contributed by atoms with Crippen LogP contribution in [-0.4, -0.2) is 55.2 Å². The smallest absolute Gasteiger partial charge is 0.137 e. The molecule has 0 aliphatic carbocycles. The number of halogens is 1. The zero-order chi connectivity index (χ0) is 16.8. The number of rotatable bonds is 7. The fourth-order valence-corrected chi connectivity index (χ4v) is 3.70. The summed E-state index contributed by atoms with van der Waals surface area (Å²) in [7, 11) is 0. The second-order valence-electron chi connectivity index (χ2n) is 6.07. The van der Waals surface area contributed by atoms with Gasteiger partial charge in [0.05, 0.1) is 11.6 Å². The van der Waals surface area contributed by atoms with E-state index < -0.39 is 0 Å². The van der Waals surface area contributed by atoms with Crippen molar-refractivity contribution in [2.45, 2.75) is 39.3 Å². The molecule has 1 aromatic carbocycles. The number of hydrogen-bond acceptors (Lipinski definition) is 4. The molecular weight excluding hydrogens is 310 g/mol. The molecule has 1 aromatic rings. The quantitative estimate of drug-likeness (QED) is 0.828. The Morgan fingerprint density at radius 3 is 2.65 bits per heavy atom. The zero-order valence-electron chi connectivity index (χ0n) is 14.6. The maximum absolute atomic E-state index is 6.37. The number of nitrogens with zero attached hydrogens (tertiary/aromatic N) is 2. The fourth-order valence-electron chi connectivity index (χ4n) is 3.45. The van der Waals surface area contributed by atoms with Crippen LogP contribution in [0.4, 0.5) is 0 Å². The molecule has 4 nitrogen and oxygen atoms in total. The average Bonchev–Trinajstić information content (AvgIpc) is 2.58. The van der Waals surface area contributed by atoms with Gasteiger partial charge in [-0.1, -0.05) is 31.5 Å². The molecule has 2 N–H and O–H groups in total. The molecule has 130 valence electrons. The van der Waals surface area contributed by atoms with Crippen molar-refractivity contribution in [3.05, 3.63) is 28.8 Å². The Bertz CT molecular complexity index is 497. The maximum atomic E-state index is 6.37. The molecule has 1 fully saturated rings. The van der Waals surface area contributed by atoms with E-state index in [1.54, 1.807) is 0 Å². The fraction of sp³-hybridized carbons (Fsp3) is 0.667. The molecular formula is C18H30ClN3O. The Kier molecular flexibility index (Phi) is 7.15. The van der Waals surface area contributed by atoms with Crippen LogP contribution >= 0.6 is 11.6 Å². The summed E-state index contributed by atoms with van der Waals surface area (Å²) in [6.45, 7) is 12.1. The van der Waals surface area contributed by atoms with E-state index in [4.69, 9.17) is 22.1 Å². The van der Waals surface area contributed by atoms with Gasteiger partial charge in [-0.3, -0.25) is 4.90 Å². The number of likely N-dealkylation sites (N-methyl/N-ethyl adjacent to an activating group) is 1. The molecule has 23 heavy (non-hydrogen) atoms. The third-order valence-electron chi connectivity index (χ3n) is 4.79. The summed E-state index contributed by atoms with van der Waals surface area (Å²) in [5.41, 5.74) is 7.32. The van der Waals surface area contributed by atoms with Gasteiger partial charge in [0.2, 0.25) is 0 Å². The minimum atomic E-state index is 0.215. The van der Waals surface area contributed by atoms with Crippen LogP contribution in [0.1, 0.15) is 38.8 Å². The molecule has 2 atom stereocenters. The summed E-state index contributed by atoms with van der Waals surface area (Å²) in [4.78, 5) is 5.07. The molecule has 0 bridgehead atoms. The first-order chi connectivity index (χ1) is 11.1. The van der Waals surface area contributed by atoms with Gasteiger partial charge in [-0.15, -0.1) is 0 Å². The molecule has 0 spiro atoms. The normalized spacial score (nSPS) is 21.3. The van der Waals surface area contributed by atoms with Crippen LogP contribution in [0.15, 0.2) is 18.2 Å². The largest absolute Gasteiger partial charge is 0.492 e. The van der Waals surface area contributed by atoms with E-state index in [2.05, 4.69) is 29.7 Å². The van der Waals surface area contributed by atoms with Crippen LogP contribution in [0.5, 0.6) is 5.75 Å². The third kappa shape index (κ3) is 4.38. The lowest BCUT2D eigenvalue weighted by Crippen LogP contribution is -2.54. The highest BCUT2D eigenvalue weighted by Gasteiger charge is 2.30. The van der Waals surface area contributed by atoms with E-state index >= 15 is 0 Å². The highest BCUT2D eigenvalue weighted by atomic mass is 35.5. The highest BCUT2D eigenvalue weighted by Crippen LogP contribution is 2.32. The number of hydrogen-bond donors (Lipinski definition) is 1. The van der Waals surface area contributed by atoms with Gasteiger partial charge >= 0.3 is 0 Å². The second kappa shape index (κ2) is 8.88. The van der Waals surface area contributed by atoms with E-state index in [-0.39, 0.29) is 6.04 Å². The Labute approximate surface area is 145 Å². The van der Waals surface area contributed by atoms with Gasteiger partial charge in [0.1, 0.15) is 5.75 Å². The van der Waals surface area contributed by atoms with Gasteiger partial charge < -0.3 is 15.4 Å². The predicted molar refractivity (Wildman–Crippen MR) is 97.3 cm³/mol. The van der Waals surface area contributed by atoms with Crippen molar-refractivity contribution in [3.8, 4) is 5.75 Å². The SMILES string of the molecule is CCOc1ccc(C(CN)N2CCN(CC)CC2CC)cc1Cl. The molecule has 0 amide bonds. The van der Waals surface area contributed by atoms with Crippen molar-refractivity contribution in [3.63, 3.8) is 0 Å². The van der Waals surface area contributed by atoms with E-state index in [0.29, 0.717) is 24.2 Å². The zero-order valence-corrected chi connectivity index (χ0v) is 15.4. The first-order valence-electron chi connectivity index (χ1n) is 8.74. The molecule has 0 radical (unpaired) electrons. The predicted octanol–water partition coefficient (Wildman–Crippen LogP) is 3.15. The van der Waals surface area contributed by atoms with Crippen LogP contribution in [-0.2, 0) is 0 Å². The summed E-state index contributed by atoms with van der Waals surface area (Å²) in [6.07, 6.45) is 1.14. The van der Waals surface area contributed by atoms with E-state index in [1.165, 1.54) is 5.56 Å². The first-order valence-corrected chi connectivity index (χ1v) is 9.12. The molecule has 2 unspecified atom stereocenters. The Hall–Kier alpha value is -0.810. The second-order valence-corrected chi connectivity index (χ2v) is 6.47. The third-order valence-corrected chi connectivity index (χ3v) is 5.09. The highest BCUT2D eigenvalue weighted by molar-refractivity contribution is 6.32. The van der Waals surface area contributed by atoms with Gasteiger partial charge in [0, 0.05) is 38.3 Å². The average molecular weight is 340 g/mol. The number of nitrogens with two attached hydrogens (primary N) is 1. The minimum absolute atomic E-state index is 0.215. The van der Waals surface area contributed by atoms with Crippen molar-refractivity contribution >= 4 is 11.6 Å². The van der Waals surface area contributed by atoms with E-state index in [9.17, 15) is 0 Å². The molecule has 2 rings (SSSR count). The van der Waals surface area contributed by atoms with Crippen molar-refractivity contribution in [2.24, 2.45) is 5.73 Å². The van der Waals surface area contributed by atoms with Crippen molar-refractivity contribution in [1.82, 2.24) is 9.80 Å². The summed E-state index contributed by atoms with van der Waals surface area (Å²) in [5.74, 6) is 0.747. The van der Waals surface area contributed by atoms with Gasteiger partial charge in [0.25, 0.3) is 0 Å². The Morgan fingerprint density at radius 1 is 1.30 bits per heavy atom. The van der Waals surface area contributed by atoms with Crippen LogP contribution < -0.4 is 10.5 Å². The van der Waals surface area contributed by atoms with Gasteiger partial charge in [-0.25, -0.2) is 0 Å². The lowest BCUT2D eigenvalue weighted by atomic mass is 9.99. The molecule has 1 aliphatic heterocycles. The number of ether oxygens (including phenoxy) is 1. The first kappa shape index (κ1) is 18.5. The number of piperazine rings is 1. The van der Waals surface area contributed by atoms with Gasteiger partial charge in [-0.05, 0) is 37.6 Å². The molecule has 0 aromatic heterocycles. The monoisotopic (exact) mass is 339 g/mol. The standard InChI is InChI=1S/C18H30ClN3O/c1-4-15-13-21(5-2)9-10-22(15)17(12-20)14-7-8-18(23-6-3)16(19)11-14/h7-8,11,15,17H,4-6,9-10,12-13,20H2,1-3H3. The molecule has 0 saturated carbocycles. The maximum Gasteiger partial charge on any atom is 0.137 e. The summed E-state index contributed by atoms with van der Waals surface area (Å²) < 4.78 is 5.54. The van der Waals surface area contributed by atoms with Crippen molar-refractivity contribution in [1.29, 1.82) is 0 Å². The topological polar surface area (TPSA) is 41.7 Å². The van der Waals surface area contributed by atoms with E-state index in [0.717, 1.165) is 38.3 Å². The van der Waals surface area contributed by atoms with Crippen molar-refractivity contribution in [2.75, 3.05) is 39.3 Å². The molecule has 1 aliphatic rings. The van der Waals surface area contributed by atoms with Gasteiger partial charge in [0.15, 0.2) is 0 Å². The van der Waals surface area contributed by atoms with Crippen molar-refractivity contribution < 1.29 is 4.74 Å². The molecule has 5 heteroatoms. The Morgan fingerprint density at radius 2 is 2.09 bits per heavy atom. The molecule has 1 heterocycles. The lowest BCUT2D eigenvalue weighted by molar-refractivity contribution is 0.0427. The minimum Gasteiger partial charge on any atom is -0.492 e.